The van der Waals surface area contributed by atoms with Crippen LogP contribution in [-0.4, -0.2) is 40.7 Å². The number of ether oxygens (including phenoxy) is 1. The number of nitrogens with zero attached hydrogens (tertiary/aromatic N) is 2. The van der Waals surface area contributed by atoms with Gasteiger partial charge in [0.15, 0.2) is 5.78 Å². The number of benzene rings is 1. The number of alkyl halides is 1. The molecule has 0 aliphatic heterocycles. The van der Waals surface area contributed by atoms with Gasteiger partial charge in [-0.3, -0.25) is 4.79 Å². The van der Waals surface area contributed by atoms with E-state index in [-0.39, 0.29) is 17.9 Å². The number of carbonyl (C=O) groups excluding carboxylic acids is 2. The van der Waals surface area contributed by atoms with Gasteiger partial charge in [0.2, 0.25) is 5.88 Å². The number of carbonyl (C=O) groups is 2. The van der Waals surface area contributed by atoms with Crippen LogP contribution in [0.5, 0.6) is 5.88 Å². The summed E-state index contributed by atoms with van der Waals surface area (Å²) in [5, 5.41) is 3.94. The molecule has 2 amide bonds. The van der Waals surface area contributed by atoms with Crippen LogP contribution < -0.4 is 10.1 Å². The standard InChI is InChI=1S/C21H22ClN3O3/c1-4-25(21(27)24-14-9-10-19(26)18(22)11-14)13(2)17-12-23-20(28-3)16-8-6-5-7-15(16)17/h5-13,18H,4H2,1-3H3,(H,24,27). The Bertz CT molecular complexity index is 971. The van der Waals surface area contributed by atoms with Gasteiger partial charge >= 0.3 is 6.03 Å². The van der Waals surface area contributed by atoms with E-state index in [0.717, 1.165) is 16.3 Å². The van der Waals surface area contributed by atoms with Crippen molar-refractivity contribution in [3.05, 3.63) is 60.0 Å². The molecule has 1 aromatic heterocycles. The first kappa shape index (κ1) is 19.9. The number of pyridine rings is 1. The van der Waals surface area contributed by atoms with Crippen LogP contribution in [0.1, 0.15) is 25.5 Å². The first-order chi connectivity index (χ1) is 13.5. The van der Waals surface area contributed by atoms with Crippen molar-refractivity contribution in [1.29, 1.82) is 0 Å². The number of hydrogen-bond acceptors (Lipinski definition) is 4. The van der Waals surface area contributed by atoms with Crippen LogP contribution in [0.25, 0.3) is 10.8 Å². The van der Waals surface area contributed by atoms with Gasteiger partial charge in [0, 0.05) is 29.4 Å². The number of urea groups is 1. The zero-order valence-corrected chi connectivity index (χ0v) is 16.7. The maximum Gasteiger partial charge on any atom is 0.322 e. The molecule has 2 atom stereocenters. The predicted octanol–water partition coefficient (Wildman–Crippen LogP) is 3.97. The van der Waals surface area contributed by atoms with Crippen LogP contribution in [0.2, 0.25) is 0 Å². The van der Waals surface area contributed by atoms with E-state index in [0.29, 0.717) is 18.1 Å². The Morgan fingerprint density at radius 2 is 2.04 bits per heavy atom. The summed E-state index contributed by atoms with van der Waals surface area (Å²) in [6, 6.07) is 7.32. The number of nitrogens with one attached hydrogen (secondary N) is 1. The minimum absolute atomic E-state index is 0.198. The van der Waals surface area contributed by atoms with Crippen molar-refractivity contribution in [3.8, 4) is 5.88 Å². The summed E-state index contributed by atoms with van der Waals surface area (Å²) in [5.41, 5.74) is 1.43. The SMILES string of the molecule is CCN(C(=O)NC1=CC(Cl)C(=O)C=C1)C(C)c1cnc(OC)c2ccccc12. The molecule has 2 aromatic rings. The summed E-state index contributed by atoms with van der Waals surface area (Å²) in [6.07, 6.45) is 6.20. The Kier molecular flexibility index (Phi) is 5.99. The summed E-state index contributed by atoms with van der Waals surface area (Å²) < 4.78 is 5.36. The Labute approximate surface area is 168 Å². The normalized spacial score (nSPS) is 17.2. The summed E-state index contributed by atoms with van der Waals surface area (Å²) >= 11 is 5.95. The fourth-order valence-corrected chi connectivity index (χ4v) is 3.49. The maximum absolute atomic E-state index is 12.9. The quantitative estimate of drug-likeness (QED) is 0.772. The Morgan fingerprint density at radius 1 is 1.32 bits per heavy atom. The van der Waals surface area contributed by atoms with Crippen LogP contribution in [0.15, 0.2) is 54.4 Å². The lowest BCUT2D eigenvalue weighted by Gasteiger charge is -2.29. The molecule has 1 heterocycles. The molecule has 0 saturated carbocycles. The van der Waals surface area contributed by atoms with Crippen molar-refractivity contribution in [3.63, 3.8) is 0 Å². The van der Waals surface area contributed by atoms with Gasteiger partial charge < -0.3 is 15.0 Å². The van der Waals surface area contributed by atoms with E-state index in [4.69, 9.17) is 16.3 Å². The summed E-state index contributed by atoms with van der Waals surface area (Å²) in [5.74, 6) is 0.352. The highest BCUT2D eigenvalue weighted by Gasteiger charge is 2.24. The molecule has 0 radical (unpaired) electrons. The highest BCUT2D eigenvalue weighted by Crippen LogP contribution is 2.31. The lowest BCUT2D eigenvalue weighted by atomic mass is 10.0. The number of hydrogen-bond donors (Lipinski definition) is 1. The van der Waals surface area contributed by atoms with Crippen molar-refractivity contribution in [1.82, 2.24) is 15.2 Å². The number of methoxy groups -OCH3 is 1. The highest BCUT2D eigenvalue weighted by atomic mass is 35.5. The maximum atomic E-state index is 12.9. The van der Waals surface area contributed by atoms with E-state index in [1.807, 2.05) is 38.1 Å². The minimum atomic E-state index is -0.762. The molecule has 0 fully saturated rings. The van der Waals surface area contributed by atoms with Crippen molar-refractivity contribution in [2.75, 3.05) is 13.7 Å². The van der Waals surface area contributed by atoms with E-state index in [1.165, 1.54) is 12.2 Å². The Hall–Kier alpha value is -2.86. The van der Waals surface area contributed by atoms with E-state index >= 15 is 0 Å². The van der Waals surface area contributed by atoms with Gasteiger partial charge in [0.1, 0.15) is 5.38 Å². The molecule has 3 rings (SSSR count). The topological polar surface area (TPSA) is 71.5 Å². The van der Waals surface area contributed by atoms with Gasteiger partial charge in [-0.15, -0.1) is 11.6 Å². The molecular formula is C21H22ClN3O3. The first-order valence-corrected chi connectivity index (χ1v) is 9.47. The summed E-state index contributed by atoms with van der Waals surface area (Å²) in [7, 11) is 1.59. The molecule has 2 unspecified atom stereocenters. The molecule has 0 spiro atoms. The largest absolute Gasteiger partial charge is 0.481 e. The number of aromatic nitrogens is 1. The monoisotopic (exact) mass is 399 g/mol. The molecule has 0 saturated heterocycles. The molecule has 1 aliphatic rings. The van der Waals surface area contributed by atoms with E-state index in [2.05, 4.69) is 10.3 Å². The minimum Gasteiger partial charge on any atom is -0.481 e. The molecule has 6 nitrogen and oxygen atoms in total. The second kappa shape index (κ2) is 8.44. The molecule has 146 valence electrons. The number of ketones is 1. The highest BCUT2D eigenvalue weighted by molar-refractivity contribution is 6.34. The van der Waals surface area contributed by atoms with Crippen molar-refractivity contribution >= 4 is 34.2 Å². The van der Waals surface area contributed by atoms with E-state index < -0.39 is 5.38 Å². The van der Waals surface area contributed by atoms with Crippen molar-refractivity contribution in [2.45, 2.75) is 25.3 Å². The third-order valence-corrected chi connectivity index (χ3v) is 5.12. The predicted molar refractivity (Wildman–Crippen MR) is 109 cm³/mol. The van der Waals surface area contributed by atoms with Gasteiger partial charge in [0.05, 0.1) is 13.2 Å². The summed E-state index contributed by atoms with van der Waals surface area (Å²) in [6.45, 7) is 4.36. The third kappa shape index (κ3) is 3.87. The van der Waals surface area contributed by atoms with Crippen LogP contribution in [0.3, 0.4) is 0 Å². The molecule has 28 heavy (non-hydrogen) atoms. The second-order valence-electron chi connectivity index (χ2n) is 6.42. The smallest absolute Gasteiger partial charge is 0.322 e. The second-order valence-corrected chi connectivity index (χ2v) is 6.89. The van der Waals surface area contributed by atoms with Gasteiger partial charge in [-0.1, -0.05) is 18.2 Å². The number of rotatable bonds is 5. The molecule has 1 aromatic carbocycles. The zero-order valence-electron chi connectivity index (χ0n) is 16.0. The van der Waals surface area contributed by atoms with Crippen LogP contribution in [0.4, 0.5) is 4.79 Å². The average molecular weight is 400 g/mol. The average Bonchev–Trinajstić information content (AvgIpc) is 2.70. The van der Waals surface area contributed by atoms with E-state index in [1.54, 1.807) is 24.3 Å². The molecule has 1 N–H and O–H groups in total. The molecule has 1 aliphatic carbocycles. The van der Waals surface area contributed by atoms with Gasteiger partial charge in [-0.2, -0.15) is 0 Å². The number of allylic oxidation sites excluding steroid dienone is 3. The van der Waals surface area contributed by atoms with Crippen LogP contribution in [0, 0.1) is 0 Å². The van der Waals surface area contributed by atoms with Gasteiger partial charge in [-0.05, 0) is 43.5 Å². The fraction of sp³-hybridized carbons (Fsp3) is 0.286. The van der Waals surface area contributed by atoms with Gasteiger partial charge in [0.25, 0.3) is 0 Å². The fourth-order valence-electron chi connectivity index (χ4n) is 3.28. The van der Waals surface area contributed by atoms with Crippen molar-refractivity contribution in [2.24, 2.45) is 0 Å². The third-order valence-electron chi connectivity index (χ3n) is 4.78. The number of amides is 2. The molecule has 7 heteroatoms. The van der Waals surface area contributed by atoms with Crippen LogP contribution >= 0.6 is 11.6 Å². The van der Waals surface area contributed by atoms with E-state index in [9.17, 15) is 9.59 Å². The molecule has 0 bridgehead atoms. The lowest BCUT2D eigenvalue weighted by Crippen LogP contribution is -2.41. The summed E-state index contributed by atoms with van der Waals surface area (Å²) in [4.78, 5) is 30.5. The number of halogens is 1. The first-order valence-electron chi connectivity index (χ1n) is 9.03. The molecular weight excluding hydrogens is 378 g/mol. The van der Waals surface area contributed by atoms with Gasteiger partial charge in [-0.25, -0.2) is 9.78 Å². The Balaban J connectivity index is 1.88. The van der Waals surface area contributed by atoms with Crippen LogP contribution in [-0.2, 0) is 4.79 Å². The zero-order chi connectivity index (χ0) is 20.3. The number of fused-ring (bicyclic) bond motifs is 1. The lowest BCUT2D eigenvalue weighted by molar-refractivity contribution is -0.113. The Morgan fingerprint density at radius 3 is 2.68 bits per heavy atom. The van der Waals surface area contributed by atoms with Crippen molar-refractivity contribution < 1.29 is 14.3 Å².